The molecular weight excluding hydrogens is 1390 g/mol. The molecule has 107 heavy (non-hydrogen) atoms. The van der Waals surface area contributed by atoms with Crippen LogP contribution in [-0.2, 0) is 65.4 Å². The predicted molar refractivity (Wildman–Crippen MR) is 442 cm³/mol. The van der Waals surface area contributed by atoms with E-state index >= 15 is 0 Å². The molecule has 0 amide bonds. The summed E-state index contributed by atoms with van der Waals surface area (Å²) in [4.78, 5) is 73.2. The van der Waals surface area contributed by atoms with Crippen molar-refractivity contribution in [2.75, 3.05) is 39.6 Å². The van der Waals surface area contributed by atoms with E-state index in [2.05, 4.69) is 41.5 Å². The second-order valence-electron chi connectivity index (χ2n) is 32.4. The summed E-state index contributed by atoms with van der Waals surface area (Å²) in [5.41, 5.74) is 0. The Hall–Kier alpha value is -1.94. The van der Waals surface area contributed by atoms with Crippen LogP contribution in [0.15, 0.2) is 0 Å². The molecule has 0 spiro atoms. The smallest absolute Gasteiger partial charge is 0.462 e. The van der Waals surface area contributed by atoms with Crippen LogP contribution in [-0.4, -0.2) is 96.7 Å². The number of phosphoric ester groups is 2. The van der Waals surface area contributed by atoms with Crippen molar-refractivity contribution in [2.24, 2.45) is 11.8 Å². The largest absolute Gasteiger partial charge is 0.472 e. The third-order valence-electron chi connectivity index (χ3n) is 21.1. The van der Waals surface area contributed by atoms with Gasteiger partial charge in [-0.2, -0.15) is 0 Å². The van der Waals surface area contributed by atoms with Crippen LogP contribution >= 0.6 is 15.6 Å². The number of carbonyl (C=O) groups excluding carboxylic acids is 4. The van der Waals surface area contributed by atoms with Crippen LogP contribution in [0.4, 0.5) is 0 Å². The molecular formula is C88H172O17P2. The highest BCUT2D eigenvalue weighted by Gasteiger charge is 2.31. The summed E-state index contributed by atoms with van der Waals surface area (Å²) in [5, 5.41) is 10.7. The Labute approximate surface area is 658 Å². The van der Waals surface area contributed by atoms with Gasteiger partial charge in [-0.1, -0.05) is 420 Å². The van der Waals surface area contributed by atoms with Gasteiger partial charge in [-0.15, -0.1) is 0 Å². The van der Waals surface area contributed by atoms with Gasteiger partial charge in [0.15, 0.2) is 12.2 Å². The lowest BCUT2D eigenvalue weighted by atomic mass is 9.99. The van der Waals surface area contributed by atoms with Gasteiger partial charge >= 0.3 is 39.5 Å². The van der Waals surface area contributed by atoms with Gasteiger partial charge in [0.1, 0.15) is 19.3 Å². The summed E-state index contributed by atoms with van der Waals surface area (Å²) in [6, 6.07) is 0. The summed E-state index contributed by atoms with van der Waals surface area (Å²) < 4.78 is 68.9. The summed E-state index contributed by atoms with van der Waals surface area (Å²) >= 11 is 0. The summed E-state index contributed by atoms with van der Waals surface area (Å²) in [5.74, 6) is -0.578. The van der Waals surface area contributed by atoms with E-state index in [9.17, 15) is 43.2 Å². The van der Waals surface area contributed by atoms with E-state index < -0.39 is 97.5 Å². The zero-order valence-corrected chi connectivity index (χ0v) is 72.2. The summed E-state index contributed by atoms with van der Waals surface area (Å²) in [6.07, 6.45) is 72.5. The fourth-order valence-corrected chi connectivity index (χ4v) is 15.3. The van der Waals surface area contributed by atoms with E-state index in [0.29, 0.717) is 31.6 Å². The quantitative estimate of drug-likeness (QED) is 0.0222. The van der Waals surface area contributed by atoms with E-state index in [-0.39, 0.29) is 25.7 Å². The van der Waals surface area contributed by atoms with Gasteiger partial charge in [-0.25, -0.2) is 9.13 Å². The molecule has 0 rings (SSSR count). The molecule has 17 nitrogen and oxygen atoms in total. The number of aliphatic hydroxyl groups excluding tert-OH is 1. The molecule has 0 aromatic rings. The molecule has 0 fully saturated rings. The first-order chi connectivity index (χ1) is 51.9. The SMILES string of the molecule is CCCCCCCCCCCCCCCCCCCCCCC(=O)OC[C@H](COP(=O)(O)OC[C@@H](O)COP(=O)(O)OC[C@@H](COC(=O)CCCCCCCCC(C)C)OC(=O)CCCCCCCCCCCCCCCCC(C)CC)OC(=O)CCCCCCCCCCCCCCCCCCCCCC. The molecule has 636 valence electrons. The van der Waals surface area contributed by atoms with Crippen molar-refractivity contribution in [2.45, 2.75) is 490 Å². The lowest BCUT2D eigenvalue weighted by Crippen LogP contribution is -2.30. The Kier molecular flexibility index (Phi) is 77.9. The van der Waals surface area contributed by atoms with Crippen molar-refractivity contribution >= 4 is 39.5 Å². The van der Waals surface area contributed by atoms with Crippen LogP contribution in [0, 0.1) is 11.8 Å². The molecule has 0 saturated carbocycles. The van der Waals surface area contributed by atoms with Crippen LogP contribution in [0.2, 0.25) is 0 Å². The standard InChI is InChI=1S/C88H172O17P2/c1-7-10-12-14-16-18-20-22-24-26-28-30-32-34-39-43-47-51-58-64-70-85(90)98-76-83(104-87(92)72-66-60-52-48-44-40-35-33-31-29-27-25-23-21-19-17-15-13-11-8-2)78-102-106(94,95)100-74-82(89)75-101-107(96,97)103-79-84(77-99-86(91)71-65-59-55-54-56-62-68-80(4)5)105-88(93)73-67-61-53-49-45-41-37-36-38-42-46-50-57-63-69-81(6)9-3/h80-84,89H,7-79H2,1-6H3,(H,94,95)(H,96,97)/t81?,82-,83-,84-/m1/s1. The van der Waals surface area contributed by atoms with Crippen molar-refractivity contribution in [3.05, 3.63) is 0 Å². The third-order valence-corrected chi connectivity index (χ3v) is 23.0. The highest BCUT2D eigenvalue weighted by molar-refractivity contribution is 7.47. The van der Waals surface area contributed by atoms with E-state index in [1.54, 1.807) is 0 Å². The van der Waals surface area contributed by atoms with E-state index in [4.69, 9.17) is 37.0 Å². The molecule has 0 aromatic heterocycles. The van der Waals surface area contributed by atoms with Gasteiger partial charge in [0.2, 0.25) is 0 Å². The first kappa shape index (κ1) is 105. The normalized spacial score (nSPS) is 14.0. The molecule has 0 aromatic carbocycles. The Morgan fingerprint density at radius 2 is 0.477 bits per heavy atom. The second-order valence-corrected chi connectivity index (χ2v) is 35.3. The number of hydrogen-bond donors (Lipinski definition) is 3. The molecule has 0 saturated heterocycles. The average molecular weight is 1560 g/mol. The minimum absolute atomic E-state index is 0.107. The maximum atomic E-state index is 13.2. The van der Waals surface area contributed by atoms with Gasteiger partial charge in [-0.3, -0.25) is 37.3 Å². The van der Waals surface area contributed by atoms with E-state index in [0.717, 1.165) is 102 Å². The van der Waals surface area contributed by atoms with Gasteiger partial charge in [0, 0.05) is 25.7 Å². The third kappa shape index (κ3) is 80.5. The van der Waals surface area contributed by atoms with Crippen molar-refractivity contribution in [1.82, 2.24) is 0 Å². The highest BCUT2D eigenvalue weighted by atomic mass is 31.2. The number of unbranched alkanes of at least 4 members (excludes halogenated alkanes) is 56. The van der Waals surface area contributed by atoms with Crippen molar-refractivity contribution in [1.29, 1.82) is 0 Å². The molecule has 0 aliphatic heterocycles. The number of rotatable bonds is 87. The molecule has 0 radical (unpaired) electrons. The maximum Gasteiger partial charge on any atom is 0.472 e. The fraction of sp³-hybridized carbons (Fsp3) is 0.955. The minimum Gasteiger partial charge on any atom is -0.462 e. The van der Waals surface area contributed by atoms with Gasteiger partial charge < -0.3 is 33.8 Å². The molecule has 0 aliphatic carbocycles. The molecule has 6 atom stereocenters. The maximum absolute atomic E-state index is 13.2. The van der Waals surface area contributed by atoms with E-state index in [1.165, 1.54) is 283 Å². The molecule has 19 heteroatoms. The van der Waals surface area contributed by atoms with Gasteiger partial charge in [-0.05, 0) is 37.5 Å². The van der Waals surface area contributed by atoms with Crippen LogP contribution in [0.1, 0.15) is 472 Å². The van der Waals surface area contributed by atoms with Crippen LogP contribution in [0.5, 0.6) is 0 Å². The Bertz CT molecular complexity index is 2050. The summed E-state index contributed by atoms with van der Waals surface area (Å²) in [7, 11) is -9.93. The summed E-state index contributed by atoms with van der Waals surface area (Å²) in [6.45, 7) is 9.65. The highest BCUT2D eigenvalue weighted by Crippen LogP contribution is 2.45. The van der Waals surface area contributed by atoms with Gasteiger partial charge in [0.25, 0.3) is 0 Å². The van der Waals surface area contributed by atoms with Gasteiger partial charge in [0.05, 0.1) is 26.4 Å². The van der Waals surface area contributed by atoms with Crippen LogP contribution in [0.25, 0.3) is 0 Å². The lowest BCUT2D eigenvalue weighted by molar-refractivity contribution is -0.161. The molecule has 0 aliphatic rings. The van der Waals surface area contributed by atoms with Crippen LogP contribution < -0.4 is 0 Å². The zero-order valence-electron chi connectivity index (χ0n) is 70.5. The monoisotopic (exact) mass is 1560 g/mol. The average Bonchev–Trinajstić information content (AvgIpc) is 0.905. The number of ether oxygens (including phenoxy) is 4. The zero-order chi connectivity index (χ0) is 78.5. The van der Waals surface area contributed by atoms with E-state index in [1.807, 2.05) is 0 Å². The molecule has 0 heterocycles. The van der Waals surface area contributed by atoms with Crippen molar-refractivity contribution < 1.29 is 80.2 Å². The Morgan fingerprint density at radius 3 is 0.710 bits per heavy atom. The lowest BCUT2D eigenvalue weighted by Gasteiger charge is -2.21. The number of carbonyl (C=O) groups is 4. The number of esters is 4. The Morgan fingerprint density at radius 1 is 0.271 bits per heavy atom. The molecule has 0 bridgehead atoms. The molecule has 3 unspecified atom stereocenters. The van der Waals surface area contributed by atoms with Crippen molar-refractivity contribution in [3.63, 3.8) is 0 Å². The number of hydrogen-bond acceptors (Lipinski definition) is 15. The van der Waals surface area contributed by atoms with Crippen LogP contribution in [0.3, 0.4) is 0 Å². The second kappa shape index (κ2) is 79.3. The number of aliphatic hydroxyl groups is 1. The number of phosphoric acid groups is 2. The first-order valence-electron chi connectivity index (χ1n) is 45.5. The topological polar surface area (TPSA) is 237 Å². The molecule has 3 N–H and O–H groups in total. The minimum atomic E-state index is -4.97. The first-order valence-corrected chi connectivity index (χ1v) is 48.5. The predicted octanol–water partition coefficient (Wildman–Crippen LogP) is 27.0. The Balaban J connectivity index is 5.21. The fourth-order valence-electron chi connectivity index (χ4n) is 13.7. The van der Waals surface area contributed by atoms with Crippen molar-refractivity contribution in [3.8, 4) is 0 Å².